The van der Waals surface area contributed by atoms with E-state index in [0.29, 0.717) is 11.4 Å². The van der Waals surface area contributed by atoms with E-state index < -0.39 is 0 Å². The fourth-order valence-corrected chi connectivity index (χ4v) is 1.73. The maximum Gasteiger partial charge on any atom is 0.133 e. The topological polar surface area (TPSA) is 75.6 Å². The predicted molar refractivity (Wildman–Crippen MR) is 54.5 cm³/mol. The predicted octanol–water partition coefficient (Wildman–Crippen LogP) is 1.66. The van der Waals surface area contributed by atoms with Crippen LogP contribution in [0.5, 0.6) is 0 Å². The van der Waals surface area contributed by atoms with Crippen LogP contribution in [-0.4, -0.2) is 9.97 Å². The molecule has 2 aromatic heterocycles. The molecule has 0 bridgehead atoms. The van der Waals surface area contributed by atoms with Gasteiger partial charge in [-0.2, -0.15) is 5.26 Å². The molecule has 5 heteroatoms. The Morgan fingerprint density at radius 3 is 2.93 bits per heavy atom. The second-order valence-corrected chi connectivity index (χ2v) is 3.50. The number of rotatable bonds is 1. The largest absolute Gasteiger partial charge is 0.383 e. The van der Waals surface area contributed by atoms with E-state index in [1.807, 2.05) is 11.4 Å². The van der Waals surface area contributed by atoms with Gasteiger partial charge in [-0.15, -0.1) is 11.3 Å². The number of hydrogen-bond donors (Lipinski definition) is 1. The number of anilines is 1. The van der Waals surface area contributed by atoms with Gasteiger partial charge in [0.05, 0.1) is 11.1 Å². The van der Waals surface area contributed by atoms with Crippen molar-refractivity contribution in [1.29, 1.82) is 5.26 Å². The summed E-state index contributed by atoms with van der Waals surface area (Å²) in [6, 6.07) is 3.71. The molecule has 0 aliphatic carbocycles. The minimum atomic E-state index is 0.402. The van der Waals surface area contributed by atoms with Gasteiger partial charge in [0.25, 0.3) is 0 Å². The second kappa shape index (κ2) is 3.44. The highest BCUT2D eigenvalue weighted by Crippen LogP contribution is 2.26. The Kier molecular flexibility index (Phi) is 2.13. The standard InChI is InChI=1S/C9H6N4S/c10-4-6-3-7(8(11)13-5-6)9-12-1-2-14-9/h1-3,5H,(H2,11,13). The molecule has 0 aliphatic heterocycles. The first-order valence-corrected chi connectivity index (χ1v) is 4.74. The van der Waals surface area contributed by atoms with E-state index in [9.17, 15) is 0 Å². The van der Waals surface area contributed by atoms with E-state index in [1.54, 1.807) is 12.3 Å². The number of aromatic nitrogens is 2. The lowest BCUT2D eigenvalue weighted by atomic mass is 10.2. The first-order valence-electron chi connectivity index (χ1n) is 3.87. The lowest BCUT2D eigenvalue weighted by molar-refractivity contribution is 1.30. The lowest BCUT2D eigenvalue weighted by Crippen LogP contribution is -1.94. The number of nitrogens with two attached hydrogens (primary N) is 1. The van der Waals surface area contributed by atoms with Crippen molar-refractivity contribution in [2.24, 2.45) is 0 Å². The van der Waals surface area contributed by atoms with E-state index in [4.69, 9.17) is 11.0 Å². The number of nitrogens with zero attached hydrogens (tertiary/aromatic N) is 3. The van der Waals surface area contributed by atoms with Gasteiger partial charge in [-0.1, -0.05) is 0 Å². The van der Waals surface area contributed by atoms with Gasteiger partial charge in [-0.25, -0.2) is 9.97 Å². The van der Waals surface area contributed by atoms with Gasteiger partial charge in [0, 0.05) is 17.8 Å². The quantitative estimate of drug-likeness (QED) is 0.763. The maximum absolute atomic E-state index is 8.70. The van der Waals surface area contributed by atoms with Crippen LogP contribution in [0.25, 0.3) is 10.6 Å². The van der Waals surface area contributed by atoms with Gasteiger partial charge in [0.2, 0.25) is 0 Å². The Labute approximate surface area is 84.7 Å². The molecule has 2 N–H and O–H groups in total. The van der Waals surface area contributed by atoms with Crippen LogP contribution in [0.2, 0.25) is 0 Å². The fourth-order valence-electron chi connectivity index (χ4n) is 1.06. The Bertz CT molecular complexity index is 484. The summed E-state index contributed by atoms with van der Waals surface area (Å²) in [6.07, 6.45) is 3.14. The molecule has 2 aromatic rings. The molecule has 68 valence electrons. The van der Waals surface area contributed by atoms with Crippen LogP contribution >= 0.6 is 11.3 Å². The van der Waals surface area contributed by atoms with Gasteiger partial charge < -0.3 is 5.73 Å². The monoisotopic (exact) mass is 202 g/mol. The fraction of sp³-hybridized carbons (Fsp3) is 0. The summed E-state index contributed by atoms with van der Waals surface area (Å²) < 4.78 is 0. The summed E-state index contributed by atoms with van der Waals surface area (Å²) in [5, 5.41) is 11.3. The van der Waals surface area contributed by atoms with E-state index in [0.717, 1.165) is 10.6 Å². The second-order valence-electron chi connectivity index (χ2n) is 2.61. The van der Waals surface area contributed by atoms with Crippen LogP contribution in [-0.2, 0) is 0 Å². The minimum absolute atomic E-state index is 0.402. The van der Waals surface area contributed by atoms with Crippen molar-refractivity contribution in [2.45, 2.75) is 0 Å². The summed E-state index contributed by atoms with van der Waals surface area (Å²) in [6.45, 7) is 0. The minimum Gasteiger partial charge on any atom is -0.383 e. The highest BCUT2D eigenvalue weighted by Gasteiger charge is 2.07. The van der Waals surface area contributed by atoms with Crippen LogP contribution in [0.15, 0.2) is 23.8 Å². The number of hydrogen-bond acceptors (Lipinski definition) is 5. The third-order valence-corrected chi connectivity index (χ3v) is 2.52. The van der Waals surface area contributed by atoms with E-state index >= 15 is 0 Å². The van der Waals surface area contributed by atoms with Gasteiger partial charge in [0.15, 0.2) is 0 Å². The number of thiazole rings is 1. The Morgan fingerprint density at radius 1 is 1.43 bits per heavy atom. The molecule has 0 saturated heterocycles. The molecule has 2 rings (SSSR count). The molecule has 4 nitrogen and oxygen atoms in total. The van der Waals surface area contributed by atoms with E-state index in [-0.39, 0.29) is 0 Å². The molecule has 0 atom stereocenters. The molecular weight excluding hydrogens is 196 g/mol. The number of nitrogen functional groups attached to an aromatic ring is 1. The average molecular weight is 202 g/mol. The SMILES string of the molecule is N#Cc1cnc(N)c(-c2nccs2)c1. The molecule has 0 fully saturated rings. The Hall–Kier alpha value is -1.93. The van der Waals surface area contributed by atoms with Crippen LogP contribution in [0.1, 0.15) is 5.56 Å². The van der Waals surface area contributed by atoms with Crippen LogP contribution in [0.3, 0.4) is 0 Å². The van der Waals surface area contributed by atoms with Crippen molar-refractivity contribution in [3.8, 4) is 16.6 Å². The van der Waals surface area contributed by atoms with Gasteiger partial charge in [0.1, 0.15) is 16.9 Å². The number of pyridine rings is 1. The summed E-state index contributed by atoms with van der Waals surface area (Å²) in [5.41, 5.74) is 6.89. The first kappa shape index (κ1) is 8.66. The van der Waals surface area contributed by atoms with Crippen molar-refractivity contribution in [3.05, 3.63) is 29.4 Å². The summed E-state index contributed by atoms with van der Waals surface area (Å²) >= 11 is 1.47. The molecule has 0 saturated carbocycles. The lowest BCUT2D eigenvalue weighted by Gasteiger charge is -2.00. The Morgan fingerprint density at radius 2 is 2.29 bits per heavy atom. The highest BCUT2D eigenvalue weighted by molar-refractivity contribution is 7.13. The molecular formula is C9H6N4S. The normalized spacial score (nSPS) is 9.64. The summed E-state index contributed by atoms with van der Waals surface area (Å²) in [4.78, 5) is 8.04. The van der Waals surface area contributed by atoms with Gasteiger partial charge in [-0.05, 0) is 6.07 Å². The molecule has 0 aliphatic rings. The maximum atomic E-state index is 8.70. The molecule has 0 radical (unpaired) electrons. The van der Waals surface area contributed by atoms with Gasteiger partial charge >= 0.3 is 0 Å². The average Bonchev–Trinajstić information content (AvgIpc) is 2.71. The zero-order chi connectivity index (χ0) is 9.97. The van der Waals surface area contributed by atoms with Crippen LogP contribution in [0.4, 0.5) is 5.82 Å². The van der Waals surface area contributed by atoms with Crippen molar-refractivity contribution in [2.75, 3.05) is 5.73 Å². The van der Waals surface area contributed by atoms with Gasteiger partial charge in [-0.3, -0.25) is 0 Å². The zero-order valence-corrected chi connectivity index (χ0v) is 7.95. The van der Waals surface area contributed by atoms with Crippen molar-refractivity contribution in [1.82, 2.24) is 9.97 Å². The smallest absolute Gasteiger partial charge is 0.133 e. The van der Waals surface area contributed by atoms with Crippen molar-refractivity contribution >= 4 is 17.2 Å². The molecule has 14 heavy (non-hydrogen) atoms. The molecule has 0 spiro atoms. The molecule has 2 heterocycles. The van der Waals surface area contributed by atoms with E-state index in [2.05, 4.69) is 9.97 Å². The molecule has 0 amide bonds. The summed E-state index contributed by atoms with van der Waals surface area (Å²) in [5.74, 6) is 0.402. The number of nitriles is 1. The first-order chi connectivity index (χ1) is 6.81. The third-order valence-electron chi connectivity index (χ3n) is 1.71. The molecule has 0 unspecified atom stereocenters. The summed E-state index contributed by atoms with van der Waals surface area (Å²) in [7, 11) is 0. The Balaban J connectivity index is 2.58. The van der Waals surface area contributed by atoms with Crippen LogP contribution in [0, 0.1) is 11.3 Å². The third kappa shape index (κ3) is 1.43. The van der Waals surface area contributed by atoms with E-state index in [1.165, 1.54) is 17.5 Å². The zero-order valence-electron chi connectivity index (χ0n) is 7.14. The van der Waals surface area contributed by atoms with Crippen LogP contribution < -0.4 is 5.73 Å². The molecule has 0 aromatic carbocycles. The van der Waals surface area contributed by atoms with Crippen molar-refractivity contribution in [3.63, 3.8) is 0 Å². The van der Waals surface area contributed by atoms with Crippen molar-refractivity contribution < 1.29 is 0 Å². The highest BCUT2D eigenvalue weighted by atomic mass is 32.1.